The number of anilines is 1. The Labute approximate surface area is 147 Å². The van der Waals surface area contributed by atoms with Crippen LogP contribution in [0.1, 0.15) is 24.7 Å². The van der Waals surface area contributed by atoms with Gasteiger partial charge in [0.05, 0.1) is 12.1 Å². The van der Waals surface area contributed by atoms with Gasteiger partial charge in [-0.2, -0.15) is 0 Å². The van der Waals surface area contributed by atoms with E-state index in [1.165, 1.54) is 24.4 Å². The van der Waals surface area contributed by atoms with Gasteiger partial charge in [0, 0.05) is 61.9 Å². The lowest BCUT2D eigenvalue weighted by atomic mass is 10.2. The van der Waals surface area contributed by atoms with E-state index in [9.17, 15) is 0 Å². The zero-order valence-electron chi connectivity index (χ0n) is 14.3. The summed E-state index contributed by atoms with van der Waals surface area (Å²) in [4.78, 5) is 18.0. The highest BCUT2D eigenvalue weighted by molar-refractivity contribution is 5.81. The number of nitrogens with zero attached hydrogens (tertiary/aromatic N) is 6. The Morgan fingerprint density at radius 2 is 1.92 bits per heavy atom. The zero-order chi connectivity index (χ0) is 16.6. The highest BCUT2D eigenvalue weighted by Gasteiger charge is 2.26. The maximum Gasteiger partial charge on any atom is 0.123 e. The maximum absolute atomic E-state index is 4.58. The molecule has 1 aromatic carbocycles. The summed E-state index contributed by atoms with van der Waals surface area (Å²) in [6.45, 7) is 5.19. The lowest BCUT2D eigenvalue weighted by Gasteiger charge is -2.36. The molecule has 1 aliphatic carbocycles. The number of benzene rings is 1. The number of imidazole rings is 1. The van der Waals surface area contributed by atoms with Gasteiger partial charge in [0.25, 0.3) is 0 Å². The second kappa shape index (κ2) is 6.11. The average Bonchev–Trinajstić information content (AvgIpc) is 3.41. The number of hydrogen-bond donors (Lipinski definition) is 0. The van der Waals surface area contributed by atoms with Gasteiger partial charge in [-0.3, -0.25) is 4.90 Å². The second-order valence-corrected chi connectivity index (χ2v) is 7.01. The number of fused-ring (bicyclic) bond motifs is 1. The van der Waals surface area contributed by atoms with Crippen molar-refractivity contribution >= 4 is 16.6 Å². The molecule has 0 atom stereocenters. The Bertz CT molecular complexity index is 876. The monoisotopic (exact) mass is 334 g/mol. The van der Waals surface area contributed by atoms with Gasteiger partial charge in [0.1, 0.15) is 12.2 Å². The summed E-state index contributed by atoms with van der Waals surface area (Å²) in [6, 6.07) is 7.17. The molecule has 0 bridgehead atoms. The fraction of sp³-hybridized carbons (Fsp3) is 0.421. The molecule has 0 N–H and O–H groups in total. The number of aromatic nitrogens is 4. The molecule has 128 valence electrons. The lowest BCUT2D eigenvalue weighted by molar-refractivity contribution is 0.240. The number of rotatable bonds is 4. The zero-order valence-corrected chi connectivity index (χ0v) is 14.3. The summed E-state index contributed by atoms with van der Waals surface area (Å²) < 4.78 is 2.37. The smallest absolute Gasteiger partial charge is 0.123 e. The van der Waals surface area contributed by atoms with Gasteiger partial charge < -0.3 is 9.47 Å². The minimum absolute atomic E-state index is 0.707. The Kier molecular flexibility index (Phi) is 3.63. The number of hydrogen-bond acceptors (Lipinski definition) is 5. The molecule has 0 unspecified atom stereocenters. The van der Waals surface area contributed by atoms with Crippen LogP contribution in [-0.4, -0.2) is 50.6 Å². The minimum Gasteiger partial charge on any atom is -0.369 e. The molecule has 2 aromatic heterocycles. The van der Waals surface area contributed by atoms with Crippen molar-refractivity contribution < 1.29 is 0 Å². The molecule has 1 saturated carbocycles. The summed E-state index contributed by atoms with van der Waals surface area (Å²) in [5.41, 5.74) is 2.27. The highest BCUT2D eigenvalue weighted by atomic mass is 15.3. The van der Waals surface area contributed by atoms with E-state index in [-0.39, 0.29) is 0 Å². The summed E-state index contributed by atoms with van der Waals surface area (Å²) in [5, 5.41) is 1.11. The fourth-order valence-electron chi connectivity index (χ4n) is 3.68. The van der Waals surface area contributed by atoms with Gasteiger partial charge in [-0.1, -0.05) is 0 Å². The molecule has 3 heterocycles. The van der Waals surface area contributed by atoms with E-state index >= 15 is 0 Å². The van der Waals surface area contributed by atoms with Gasteiger partial charge in [0.2, 0.25) is 0 Å². The van der Waals surface area contributed by atoms with Crippen LogP contribution in [-0.2, 0) is 6.54 Å². The first-order chi connectivity index (χ1) is 12.4. The molecule has 6 nitrogen and oxygen atoms in total. The topological polar surface area (TPSA) is 50.1 Å². The van der Waals surface area contributed by atoms with E-state index < -0.39 is 0 Å². The Morgan fingerprint density at radius 3 is 2.76 bits per heavy atom. The molecule has 6 heteroatoms. The molecular formula is C19H22N6. The first-order valence-electron chi connectivity index (χ1n) is 9.05. The standard InChI is InChI=1S/C19H22N6/c1-2-16(1)25-6-5-21-19(25)13-23-7-9-24(10-8-23)17-3-4-18-15(11-17)12-20-14-22-18/h3-6,11-12,14,16H,1-2,7-10,13H2. The van der Waals surface area contributed by atoms with Gasteiger partial charge in [-0.15, -0.1) is 0 Å². The molecule has 0 amide bonds. The average molecular weight is 334 g/mol. The molecule has 2 aliphatic rings. The summed E-state index contributed by atoms with van der Waals surface area (Å²) in [6.07, 6.45) is 10.2. The fourth-order valence-corrected chi connectivity index (χ4v) is 3.68. The predicted octanol–water partition coefficient (Wildman–Crippen LogP) is 2.48. The normalized spacial score (nSPS) is 18.8. The van der Waals surface area contributed by atoms with Crippen LogP contribution in [0.5, 0.6) is 0 Å². The van der Waals surface area contributed by atoms with Crippen molar-refractivity contribution in [2.24, 2.45) is 0 Å². The van der Waals surface area contributed by atoms with Crippen LogP contribution in [0.2, 0.25) is 0 Å². The van der Waals surface area contributed by atoms with Crippen LogP contribution in [0.15, 0.2) is 43.1 Å². The first-order valence-corrected chi connectivity index (χ1v) is 9.05. The minimum atomic E-state index is 0.707. The van der Waals surface area contributed by atoms with Crippen molar-refractivity contribution in [3.8, 4) is 0 Å². The molecule has 1 saturated heterocycles. The molecular weight excluding hydrogens is 312 g/mol. The van der Waals surface area contributed by atoms with Crippen LogP contribution in [0.25, 0.3) is 10.9 Å². The van der Waals surface area contributed by atoms with E-state index in [4.69, 9.17) is 0 Å². The van der Waals surface area contributed by atoms with Crippen LogP contribution in [0.3, 0.4) is 0 Å². The molecule has 0 radical (unpaired) electrons. The van der Waals surface area contributed by atoms with E-state index in [0.29, 0.717) is 6.04 Å². The highest BCUT2D eigenvalue weighted by Crippen LogP contribution is 2.35. The third-order valence-corrected chi connectivity index (χ3v) is 5.28. The maximum atomic E-state index is 4.58. The number of piperazine rings is 1. The second-order valence-electron chi connectivity index (χ2n) is 7.01. The quantitative estimate of drug-likeness (QED) is 0.734. The molecule has 2 fully saturated rings. The van der Waals surface area contributed by atoms with Gasteiger partial charge >= 0.3 is 0 Å². The Balaban J connectivity index is 1.25. The van der Waals surface area contributed by atoms with E-state index in [1.54, 1.807) is 6.33 Å². The largest absolute Gasteiger partial charge is 0.369 e. The third kappa shape index (κ3) is 2.98. The molecule has 5 rings (SSSR count). The van der Waals surface area contributed by atoms with Gasteiger partial charge in [-0.05, 0) is 31.0 Å². The van der Waals surface area contributed by atoms with E-state index in [2.05, 4.69) is 53.7 Å². The van der Waals surface area contributed by atoms with Crippen LogP contribution >= 0.6 is 0 Å². The summed E-state index contributed by atoms with van der Waals surface area (Å²) in [5.74, 6) is 1.22. The van der Waals surface area contributed by atoms with E-state index in [0.717, 1.165) is 43.6 Å². The SMILES string of the molecule is c1cn(C2CC2)c(CN2CCN(c3ccc4ncncc4c3)CC2)n1. The Morgan fingerprint density at radius 1 is 1.04 bits per heavy atom. The van der Waals surface area contributed by atoms with Crippen LogP contribution in [0.4, 0.5) is 5.69 Å². The van der Waals surface area contributed by atoms with Crippen molar-refractivity contribution in [3.63, 3.8) is 0 Å². The molecule has 25 heavy (non-hydrogen) atoms. The predicted molar refractivity (Wildman–Crippen MR) is 97.5 cm³/mol. The van der Waals surface area contributed by atoms with Crippen molar-refractivity contribution in [2.45, 2.75) is 25.4 Å². The van der Waals surface area contributed by atoms with Crippen molar-refractivity contribution in [3.05, 3.63) is 48.9 Å². The summed E-state index contributed by atoms with van der Waals surface area (Å²) >= 11 is 0. The third-order valence-electron chi connectivity index (χ3n) is 5.28. The van der Waals surface area contributed by atoms with Crippen molar-refractivity contribution in [1.82, 2.24) is 24.4 Å². The Hall–Kier alpha value is -2.47. The first kappa shape index (κ1) is 14.8. The summed E-state index contributed by atoms with van der Waals surface area (Å²) in [7, 11) is 0. The lowest BCUT2D eigenvalue weighted by Crippen LogP contribution is -2.46. The van der Waals surface area contributed by atoms with Crippen LogP contribution in [0, 0.1) is 0 Å². The van der Waals surface area contributed by atoms with Gasteiger partial charge in [0.15, 0.2) is 0 Å². The van der Waals surface area contributed by atoms with Crippen LogP contribution < -0.4 is 4.90 Å². The van der Waals surface area contributed by atoms with E-state index in [1.807, 2.05) is 12.4 Å². The van der Waals surface area contributed by atoms with Crippen molar-refractivity contribution in [2.75, 3.05) is 31.1 Å². The molecule has 3 aromatic rings. The molecule has 0 spiro atoms. The van der Waals surface area contributed by atoms with Gasteiger partial charge in [-0.25, -0.2) is 15.0 Å². The van der Waals surface area contributed by atoms with Crippen molar-refractivity contribution in [1.29, 1.82) is 0 Å². The molecule has 1 aliphatic heterocycles.